The number of hydrogen-bond donors (Lipinski definition) is 0. The molecule has 0 aliphatic carbocycles. The summed E-state index contributed by atoms with van der Waals surface area (Å²) in [5, 5.41) is 0.892. The van der Waals surface area contributed by atoms with Gasteiger partial charge in [-0.2, -0.15) is 0 Å². The molecule has 112 valence electrons. The van der Waals surface area contributed by atoms with Crippen LogP contribution in [0.4, 0.5) is 0 Å². The molecular weight excluding hydrogens is 301 g/mol. The third-order valence-corrected chi connectivity index (χ3v) is 3.37. The van der Waals surface area contributed by atoms with Gasteiger partial charge in [0.25, 0.3) is 0 Å². The standard InChI is InChI=1S/C14H19Cl2NO3/c1-19-7-5-17(6-8-20-2)10-14(18)12-4-3-11(15)9-13(12)16/h3-4,9H,5-8,10H2,1-2H3. The number of ether oxygens (including phenoxy) is 2. The first kappa shape index (κ1) is 17.4. The van der Waals surface area contributed by atoms with Gasteiger partial charge in [0.05, 0.1) is 24.8 Å². The molecule has 1 aromatic carbocycles. The van der Waals surface area contributed by atoms with Crippen LogP contribution < -0.4 is 0 Å². The van der Waals surface area contributed by atoms with Gasteiger partial charge in [-0.05, 0) is 18.2 Å². The number of carbonyl (C=O) groups is 1. The molecule has 6 heteroatoms. The molecule has 0 unspecified atom stereocenters. The summed E-state index contributed by atoms with van der Waals surface area (Å²) in [4.78, 5) is 14.2. The Kier molecular flexibility index (Phi) is 8.11. The molecule has 0 saturated carbocycles. The fraction of sp³-hybridized carbons (Fsp3) is 0.500. The Balaban J connectivity index is 2.68. The smallest absolute Gasteiger partial charge is 0.178 e. The quantitative estimate of drug-likeness (QED) is 0.656. The predicted octanol–water partition coefficient (Wildman–Crippen LogP) is 2.77. The number of nitrogens with zero attached hydrogens (tertiary/aromatic N) is 1. The molecule has 0 bridgehead atoms. The fourth-order valence-corrected chi connectivity index (χ4v) is 2.23. The van der Waals surface area contributed by atoms with E-state index in [2.05, 4.69) is 0 Å². The fourth-order valence-electron chi connectivity index (χ4n) is 1.71. The maximum Gasteiger partial charge on any atom is 0.178 e. The normalized spacial score (nSPS) is 11.1. The van der Waals surface area contributed by atoms with Gasteiger partial charge in [0.1, 0.15) is 0 Å². The second kappa shape index (κ2) is 9.32. The van der Waals surface area contributed by atoms with Gasteiger partial charge in [0.15, 0.2) is 5.78 Å². The number of hydrogen-bond acceptors (Lipinski definition) is 4. The van der Waals surface area contributed by atoms with E-state index in [0.717, 1.165) is 0 Å². The zero-order chi connectivity index (χ0) is 15.0. The molecule has 0 atom stereocenters. The molecule has 0 N–H and O–H groups in total. The van der Waals surface area contributed by atoms with Crippen molar-refractivity contribution in [3.05, 3.63) is 33.8 Å². The molecule has 0 aromatic heterocycles. The molecule has 0 amide bonds. The summed E-state index contributed by atoms with van der Waals surface area (Å²) in [6.45, 7) is 2.72. The van der Waals surface area contributed by atoms with E-state index in [4.69, 9.17) is 32.7 Å². The molecule has 1 rings (SSSR count). The third kappa shape index (κ3) is 5.77. The number of ketones is 1. The van der Waals surface area contributed by atoms with Crippen LogP contribution in [0.25, 0.3) is 0 Å². The zero-order valence-electron chi connectivity index (χ0n) is 11.7. The summed E-state index contributed by atoms with van der Waals surface area (Å²) in [7, 11) is 3.26. The largest absolute Gasteiger partial charge is 0.383 e. The summed E-state index contributed by atoms with van der Waals surface area (Å²) >= 11 is 11.9. The molecule has 1 aromatic rings. The van der Waals surface area contributed by atoms with Crippen LogP contribution in [-0.2, 0) is 9.47 Å². The number of carbonyl (C=O) groups excluding carboxylic acids is 1. The van der Waals surface area contributed by atoms with Crippen LogP contribution >= 0.6 is 23.2 Å². The van der Waals surface area contributed by atoms with Gasteiger partial charge in [0.2, 0.25) is 0 Å². The number of Topliss-reactive ketones (excluding diaryl/α,β-unsaturated/α-hetero) is 1. The van der Waals surface area contributed by atoms with Crippen molar-refractivity contribution in [2.75, 3.05) is 47.1 Å². The number of rotatable bonds is 9. The lowest BCUT2D eigenvalue weighted by atomic mass is 10.1. The average molecular weight is 320 g/mol. The monoisotopic (exact) mass is 319 g/mol. The van der Waals surface area contributed by atoms with E-state index in [9.17, 15) is 4.79 Å². The lowest BCUT2D eigenvalue weighted by Gasteiger charge is -2.20. The van der Waals surface area contributed by atoms with Crippen LogP contribution in [0.15, 0.2) is 18.2 Å². The van der Waals surface area contributed by atoms with Crippen LogP contribution in [0, 0.1) is 0 Å². The molecular formula is C14H19Cl2NO3. The lowest BCUT2D eigenvalue weighted by Crippen LogP contribution is -2.35. The predicted molar refractivity (Wildman–Crippen MR) is 81.0 cm³/mol. The SMILES string of the molecule is COCCN(CCOC)CC(=O)c1ccc(Cl)cc1Cl. The average Bonchev–Trinajstić information content (AvgIpc) is 2.41. The molecule has 0 aliphatic heterocycles. The van der Waals surface area contributed by atoms with E-state index in [-0.39, 0.29) is 12.3 Å². The number of methoxy groups -OCH3 is 2. The van der Waals surface area contributed by atoms with Crippen molar-refractivity contribution in [3.63, 3.8) is 0 Å². The summed E-state index contributed by atoms with van der Waals surface area (Å²) in [6.07, 6.45) is 0. The van der Waals surface area contributed by atoms with Crippen LogP contribution in [-0.4, -0.2) is 57.8 Å². The van der Waals surface area contributed by atoms with Crippen molar-refractivity contribution in [1.82, 2.24) is 4.90 Å². The Labute approximate surface area is 129 Å². The molecule has 0 aliphatic rings. The first-order chi connectivity index (χ1) is 9.58. The van der Waals surface area contributed by atoms with E-state index in [1.165, 1.54) is 0 Å². The zero-order valence-corrected chi connectivity index (χ0v) is 13.2. The van der Waals surface area contributed by atoms with E-state index in [1.54, 1.807) is 32.4 Å². The van der Waals surface area contributed by atoms with E-state index < -0.39 is 0 Å². The van der Waals surface area contributed by atoms with Gasteiger partial charge in [-0.15, -0.1) is 0 Å². The Morgan fingerprint density at radius 3 is 2.25 bits per heavy atom. The second-order valence-electron chi connectivity index (χ2n) is 4.31. The highest BCUT2D eigenvalue weighted by molar-refractivity contribution is 6.36. The minimum atomic E-state index is -0.0427. The maximum absolute atomic E-state index is 12.3. The Bertz CT molecular complexity index is 432. The maximum atomic E-state index is 12.3. The Hall–Kier alpha value is -0.650. The van der Waals surface area contributed by atoms with Gasteiger partial charge in [0, 0.05) is 37.9 Å². The number of benzene rings is 1. The highest BCUT2D eigenvalue weighted by Gasteiger charge is 2.15. The first-order valence-corrected chi connectivity index (χ1v) is 7.02. The summed E-state index contributed by atoms with van der Waals surface area (Å²) < 4.78 is 10.1. The van der Waals surface area contributed by atoms with Gasteiger partial charge in [-0.3, -0.25) is 9.69 Å². The third-order valence-electron chi connectivity index (χ3n) is 2.82. The van der Waals surface area contributed by atoms with Crippen LogP contribution in [0.3, 0.4) is 0 Å². The molecule has 4 nitrogen and oxygen atoms in total. The van der Waals surface area contributed by atoms with Crippen molar-refractivity contribution in [2.45, 2.75) is 0 Å². The summed E-state index contributed by atoms with van der Waals surface area (Å²) in [5.41, 5.74) is 0.482. The van der Waals surface area contributed by atoms with Crippen molar-refractivity contribution in [3.8, 4) is 0 Å². The highest BCUT2D eigenvalue weighted by Crippen LogP contribution is 2.21. The van der Waals surface area contributed by atoms with Gasteiger partial charge >= 0.3 is 0 Å². The van der Waals surface area contributed by atoms with Crippen molar-refractivity contribution in [2.24, 2.45) is 0 Å². The molecule has 0 saturated heterocycles. The summed E-state index contributed by atoms with van der Waals surface area (Å²) in [6, 6.07) is 4.89. The van der Waals surface area contributed by atoms with E-state index in [0.29, 0.717) is 41.9 Å². The second-order valence-corrected chi connectivity index (χ2v) is 5.15. The van der Waals surface area contributed by atoms with Crippen LogP contribution in [0.1, 0.15) is 10.4 Å². The van der Waals surface area contributed by atoms with E-state index in [1.807, 2.05) is 4.90 Å². The Morgan fingerprint density at radius 1 is 1.15 bits per heavy atom. The van der Waals surface area contributed by atoms with Crippen molar-refractivity contribution < 1.29 is 14.3 Å². The first-order valence-electron chi connectivity index (χ1n) is 6.27. The number of halogens is 2. The van der Waals surface area contributed by atoms with E-state index >= 15 is 0 Å². The highest BCUT2D eigenvalue weighted by atomic mass is 35.5. The lowest BCUT2D eigenvalue weighted by molar-refractivity contribution is 0.0837. The minimum Gasteiger partial charge on any atom is -0.383 e. The van der Waals surface area contributed by atoms with Crippen LogP contribution in [0.5, 0.6) is 0 Å². The van der Waals surface area contributed by atoms with Gasteiger partial charge in [-0.25, -0.2) is 0 Å². The topological polar surface area (TPSA) is 38.8 Å². The minimum absolute atomic E-state index is 0.0427. The van der Waals surface area contributed by atoms with Gasteiger partial charge in [-0.1, -0.05) is 23.2 Å². The van der Waals surface area contributed by atoms with Gasteiger partial charge < -0.3 is 9.47 Å². The van der Waals surface area contributed by atoms with Crippen molar-refractivity contribution in [1.29, 1.82) is 0 Å². The van der Waals surface area contributed by atoms with Crippen LogP contribution in [0.2, 0.25) is 10.0 Å². The molecule has 0 heterocycles. The molecule has 20 heavy (non-hydrogen) atoms. The Morgan fingerprint density at radius 2 is 1.75 bits per heavy atom. The molecule has 0 fully saturated rings. The molecule has 0 radical (unpaired) electrons. The summed E-state index contributed by atoms with van der Waals surface area (Å²) in [5.74, 6) is -0.0427. The molecule has 0 spiro atoms. The van der Waals surface area contributed by atoms with Crippen molar-refractivity contribution >= 4 is 29.0 Å².